The zero-order valence-corrected chi connectivity index (χ0v) is 12.2. The van der Waals surface area contributed by atoms with Crippen LogP contribution in [0.5, 0.6) is 0 Å². The van der Waals surface area contributed by atoms with E-state index in [1.807, 2.05) is 0 Å². The number of halogens is 2. The number of amides is 1. The zero-order chi connectivity index (χ0) is 14.7. The highest BCUT2D eigenvalue weighted by Crippen LogP contribution is 2.33. The Kier molecular flexibility index (Phi) is 4.65. The van der Waals surface area contributed by atoms with Gasteiger partial charge in [0.15, 0.2) is 0 Å². The van der Waals surface area contributed by atoms with Crippen LogP contribution in [0.15, 0.2) is 42.5 Å². The smallest absolute Gasteiger partial charge is 0.221 e. The van der Waals surface area contributed by atoms with E-state index in [2.05, 4.69) is 5.32 Å². The SMILES string of the molecule is CC(=O)Nc1ccc(Cl)cc1[C@H](O)c1ccccc1Cl. The molecule has 0 radical (unpaired) electrons. The lowest BCUT2D eigenvalue weighted by Gasteiger charge is -2.17. The Morgan fingerprint density at radius 2 is 1.85 bits per heavy atom. The molecule has 20 heavy (non-hydrogen) atoms. The van der Waals surface area contributed by atoms with Crippen molar-refractivity contribution in [3.63, 3.8) is 0 Å². The third-order valence-corrected chi connectivity index (χ3v) is 3.40. The highest BCUT2D eigenvalue weighted by molar-refractivity contribution is 6.31. The van der Waals surface area contributed by atoms with Crippen LogP contribution < -0.4 is 5.32 Å². The first-order valence-electron chi connectivity index (χ1n) is 5.98. The van der Waals surface area contributed by atoms with E-state index in [4.69, 9.17) is 23.2 Å². The Hall–Kier alpha value is -1.55. The van der Waals surface area contributed by atoms with Crippen LogP contribution in [0.3, 0.4) is 0 Å². The van der Waals surface area contributed by atoms with Gasteiger partial charge in [-0.05, 0) is 24.3 Å². The second-order valence-electron chi connectivity index (χ2n) is 4.34. The summed E-state index contributed by atoms with van der Waals surface area (Å²) in [5.41, 5.74) is 1.57. The Morgan fingerprint density at radius 1 is 1.15 bits per heavy atom. The van der Waals surface area contributed by atoms with E-state index in [1.165, 1.54) is 6.92 Å². The van der Waals surface area contributed by atoms with E-state index in [1.54, 1.807) is 42.5 Å². The molecule has 5 heteroatoms. The van der Waals surface area contributed by atoms with E-state index < -0.39 is 6.10 Å². The van der Waals surface area contributed by atoms with Crippen molar-refractivity contribution in [1.29, 1.82) is 0 Å². The number of carbonyl (C=O) groups excluding carboxylic acids is 1. The predicted molar refractivity (Wildman–Crippen MR) is 81.3 cm³/mol. The molecule has 0 aliphatic carbocycles. The number of aliphatic hydroxyl groups is 1. The summed E-state index contributed by atoms with van der Waals surface area (Å²) < 4.78 is 0. The molecule has 0 unspecified atom stereocenters. The molecule has 0 saturated heterocycles. The van der Waals surface area contributed by atoms with E-state index in [0.29, 0.717) is 26.9 Å². The van der Waals surface area contributed by atoms with Crippen molar-refractivity contribution in [2.24, 2.45) is 0 Å². The number of nitrogens with one attached hydrogen (secondary N) is 1. The van der Waals surface area contributed by atoms with Crippen molar-refractivity contribution in [3.05, 3.63) is 63.6 Å². The summed E-state index contributed by atoms with van der Waals surface area (Å²) in [7, 11) is 0. The van der Waals surface area contributed by atoms with Crippen LogP contribution >= 0.6 is 23.2 Å². The zero-order valence-electron chi connectivity index (χ0n) is 10.7. The quantitative estimate of drug-likeness (QED) is 0.899. The number of rotatable bonds is 3. The van der Waals surface area contributed by atoms with Crippen molar-refractivity contribution in [2.45, 2.75) is 13.0 Å². The average molecular weight is 310 g/mol. The van der Waals surface area contributed by atoms with Gasteiger partial charge in [-0.2, -0.15) is 0 Å². The summed E-state index contributed by atoms with van der Waals surface area (Å²) in [5, 5.41) is 14.1. The molecule has 1 amide bonds. The fourth-order valence-corrected chi connectivity index (χ4v) is 2.35. The van der Waals surface area contributed by atoms with Gasteiger partial charge in [0, 0.05) is 33.8 Å². The molecule has 0 aromatic heterocycles. The molecule has 0 heterocycles. The van der Waals surface area contributed by atoms with Gasteiger partial charge in [-0.15, -0.1) is 0 Å². The van der Waals surface area contributed by atoms with Gasteiger partial charge in [-0.25, -0.2) is 0 Å². The Labute approximate surface area is 127 Å². The van der Waals surface area contributed by atoms with Crippen LogP contribution in [0.2, 0.25) is 10.0 Å². The van der Waals surface area contributed by atoms with Crippen LogP contribution in [0, 0.1) is 0 Å². The first kappa shape index (κ1) is 14.9. The van der Waals surface area contributed by atoms with E-state index in [0.717, 1.165) is 0 Å². The standard InChI is InChI=1S/C15H13Cl2NO2/c1-9(19)18-14-7-6-10(16)8-12(14)15(20)11-4-2-3-5-13(11)17/h2-8,15,20H,1H3,(H,18,19)/t15-/m1/s1. The van der Waals surface area contributed by atoms with Crippen molar-refractivity contribution in [2.75, 3.05) is 5.32 Å². The third kappa shape index (κ3) is 3.31. The highest BCUT2D eigenvalue weighted by atomic mass is 35.5. The molecule has 0 aliphatic rings. The van der Waals surface area contributed by atoms with Gasteiger partial charge in [-0.3, -0.25) is 4.79 Å². The topological polar surface area (TPSA) is 49.3 Å². The van der Waals surface area contributed by atoms with Crippen LogP contribution in [-0.2, 0) is 4.79 Å². The summed E-state index contributed by atoms with van der Waals surface area (Å²) in [6.45, 7) is 1.40. The average Bonchev–Trinajstić information content (AvgIpc) is 2.40. The number of anilines is 1. The summed E-state index contributed by atoms with van der Waals surface area (Å²) >= 11 is 12.1. The fraction of sp³-hybridized carbons (Fsp3) is 0.133. The van der Waals surface area contributed by atoms with Crippen LogP contribution in [-0.4, -0.2) is 11.0 Å². The Morgan fingerprint density at radius 3 is 2.50 bits per heavy atom. The monoisotopic (exact) mass is 309 g/mol. The Balaban J connectivity index is 2.48. The first-order chi connectivity index (χ1) is 9.49. The largest absolute Gasteiger partial charge is 0.384 e. The molecule has 0 fully saturated rings. The highest BCUT2D eigenvalue weighted by Gasteiger charge is 2.18. The predicted octanol–water partition coefficient (Wildman–Crippen LogP) is 4.03. The van der Waals surface area contributed by atoms with Crippen LogP contribution in [0.25, 0.3) is 0 Å². The maximum absolute atomic E-state index is 11.2. The molecule has 0 bridgehead atoms. The van der Waals surface area contributed by atoms with Gasteiger partial charge in [0.2, 0.25) is 5.91 Å². The maximum atomic E-state index is 11.2. The number of aliphatic hydroxyl groups excluding tert-OH is 1. The van der Waals surface area contributed by atoms with Crippen LogP contribution in [0.4, 0.5) is 5.69 Å². The molecule has 2 aromatic carbocycles. The minimum atomic E-state index is -0.968. The third-order valence-electron chi connectivity index (χ3n) is 2.82. The van der Waals surface area contributed by atoms with Gasteiger partial charge >= 0.3 is 0 Å². The maximum Gasteiger partial charge on any atom is 0.221 e. The summed E-state index contributed by atoms with van der Waals surface area (Å²) in [6, 6.07) is 11.9. The van der Waals surface area contributed by atoms with Gasteiger partial charge in [0.1, 0.15) is 6.10 Å². The van der Waals surface area contributed by atoms with Crippen LogP contribution in [0.1, 0.15) is 24.2 Å². The lowest BCUT2D eigenvalue weighted by atomic mass is 9.99. The van der Waals surface area contributed by atoms with E-state index in [-0.39, 0.29) is 5.91 Å². The summed E-state index contributed by atoms with van der Waals surface area (Å²) in [4.78, 5) is 11.2. The molecule has 2 aromatic rings. The lowest BCUT2D eigenvalue weighted by Crippen LogP contribution is -2.11. The second kappa shape index (κ2) is 6.27. The minimum Gasteiger partial charge on any atom is -0.384 e. The van der Waals surface area contributed by atoms with Gasteiger partial charge in [-0.1, -0.05) is 41.4 Å². The fourth-order valence-electron chi connectivity index (χ4n) is 1.93. The molecule has 0 aliphatic heterocycles. The van der Waals surface area contributed by atoms with Crippen molar-refractivity contribution in [3.8, 4) is 0 Å². The van der Waals surface area contributed by atoms with Gasteiger partial charge in [0.25, 0.3) is 0 Å². The number of hydrogen-bond donors (Lipinski definition) is 2. The normalized spacial score (nSPS) is 12.0. The van der Waals surface area contributed by atoms with Crippen molar-refractivity contribution in [1.82, 2.24) is 0 Å². The number of carbonyl (C=O) groups is 1. The Bertz CT molecular complexity index is 644. The second-order valence-corrected chi connectivity index (χ2v) is 5.18. The van der Waals surface area contributed by atoms with Crippen molar-refractivity contribution >= 4 is 34.8 Å². The molecule has 3 nitrogen and oxygen atoms in total. The van der Waals surface area contributed by atoms with Crippen molar-refractivity contribution < 1.29 is 9.90 Å². The van der Waals surface area contributed by atoms with E-state index >= 15 is 0 Å². The molecule has 0 spiro atoms. The lowest BCUT2D eigenvalue weighted by molar-refractivity contribution is -0.114. The summed E-state index contributed by atoms with van der Waals surface area (Å²) in [6.07, 6.45) is -0.968. The molecule has 2 rings (SSSR count). The minimum absolute atomic E-state index is 0.222. The molecule has 0 saturated carbocycles. The van der Waals surface area contributed by atoms with Gasteiger partial charge in [0.05, 0.1) is 0 Å². The molecular weight excluding hydrogens is 297 g/mol. The first-order valence-corrected chi connectivity index (χ1v) is 6.74. The number of hydrogen-bond acceptors (Lipinski definition) is 2. The summed E-state index contributed by atoms with van der Waals surface area (Å²) in [5.74, 6) is -0.222. The number of benzene rings is 2. The van der Waals surface area contributed by atoms with E-state index in [9.17, 15) is 9.90 Å². The molecule has 1 atom stereocenters. The molecule has 104 valence electrons. The molecular formula is C15H13Cl2NO2. The molecule has 2 N–H and O–H groups in total. The van der Waals surface area contributed by atoms with Gasteiger partial charge < -0.3 is 10.4 Å².